The van der Waals surface area contributed by atoms with Crippen LogP contribution in [0.4, 0.5) is 0 Å². The van der Waals surface area contributed by atoms with E-state index in [1.54, 1.807) is 23.1 Å². The lowest BCUT2D eigenvalue weighted by molar-refractivity contribution is 0.200. The SMILES string of the molecule is Cl.N#Cc1ccccc1-n1cc(-c2ncncc2OCC2CCC(N)CC2)cn1. The van der Waals surface area contributed by atoms with Crippen LogP contribution in [0.15, 0.2) is 49.2 Å². The van der Waals surface area contributed by atoms with Crippen LogP contribution in [-0.4, -0.2) is 32.4 Å². The lowest BCUT2D eigenvalue weighted by Gasteiger charge is -2.26. The van der Waals surface area contributed by atoms with Crippen molar-refractivity contribution in [3.05, 3.63) is 54.7 Å². The van der Waals surface area contributed by atoms with E-state index in [9.17, 15) is 5.26 Å². The highest BCUT2D eigenvalue weighted by molar-refractivity contribution is 5.85. The van der Waals surface area contributed by atoms with Gasteiger partial charge in [0.1, 0.15) is 18.1 Å². The fourth-order valence-electron chi connectivity index (χ4n) is 3.55. The lowest BCUT2D eigenvalue weighted by Crippen LogP contribution is -2.28. The second-order valence-corrected chi connectivity index (χ2v) is 7.13. The third-order valence-corrected chi connectivity index (χ3v) is 5.17. The first-order valence-corrected chi connectivity index (χ1v) is 9.47. The summed E-state index contributed by atoms with van der Waals surface area (Å²) < 4.78 is 7.75. The zero-order chi connectivity index (χ0) is 19.3. The molecule has 0 radical (unpaired) electrons. The van der Waals surface area contributed by atoms with Gasteiger partial charge in [-0.05, 0) is 43.7 Å². The predicted molar refractivity (Wildman–Crippen MR) is 112 cm³/mol. The molecule has 150 valence electrons. The molecule has 1 saturated carbocycles. The molecule has 2 N–H and O–H groups in total. The van der Waals surface area contributed by atoms with Crippen molar-refractivity contribution in [2.75, 3.05) is 6.61 Å². The highest BCUT2D eigenvalue weighted by atomic mass is 35.5. The average molecular weight is 411 g/mol. The Labute approximate surface area is 176 Å². The number of nitrogens with zero attached hydrogens (tertiary/aromatic N) is 5. The summed E-state index contributed by atoms with van der Waals surface area (Å²) in [5.74, 6) is 1.16. The van der Waals surface area contributed by atoms with Gasteiger partial charge >= 0.3 is 0 Å². The first kappa shape index (κ1) is 20.8. The molecule has 0 atom stereocenters. The topological polar surface area (TPSA) is 103 Å². The Kier molecular flexibility index (Phi) is 6.81. The predicted octanol–water partition coefficient (Wildman–Crippen LogP) is 3.52. The Bertz CT molecular complexity index is 991. The second kappa shape index (κ2) is 9.50. The maximum Gasteiger partial charge on any atom is 0.163 e. The van der Waals surface area contributed by atoms with Gasteiger partial charge in [0, 0.05) is 17.8 Å². The molecule has 2 heterocycles. The van der Waals surface area contributed by atoms with Gasteiger partial charge in [-0.1, -0.05) is 12.1 Å². The summed E-state index contributed by atoms with van der Waals surface area (Å²) in [7, 11) is 0. The number of halogens is 1. The minimum Gasteiger partial charge on any atom is -0.489 e. The monoisotopic (exact) mass is 410 g/mol. The normalized spacial score (nSPS) is 18.5. The Morgan fingerprint density at radius 2 is 1.97 bits per heavy atom. The van der Waals surface area contributed by atoms with Crippen LogP contribution >= 0.6 is 12.4 Å². The number of nitriles is 1. The van der Waals surface area contributed by atoms with Crippen molar-refractivity contribution < 1.29 is 4.74 Å². The molecule has 0 amide bonds. The van der Waals surface area contributed by atoms with Crippen LogP contribution in [0.3, 0.4) is 0 Å². The molecule has 1 aliphatic rings. The zero-order valence-corrected chi connectivity index (χ0v) is 16.8. The van der Waals surface area contributed by atoms with Crippen LogP contribution in [0, 0.1) is 17.2 Å². The Hall–Kier alpha value is -2.95. The first-order chi connectivity index (χ1) is 13.7. The van der Waals surface area contributed by atoms with Gasteiger partial charge in [-0.2, -0.15) is 10.4 Å². The average Bonchev–Trinajstić information content (AvgIpc) is 3.23. The highest BCUT2D eigenvalue weighted by Crippen LogP contribution is 2.29. The minimum absolute atomic E-state index is 0. The van der Waals surface area contributed by atoms with E-state index in [2.05, 4.69) is 21.1 Å². The van der Waals surface area contributed by atoms with Crippen LogP contribution in [-0.2, 0) is 0 Å². The molecular weight excluding hydrogens is 388 g/mol. The van der Waals surface area contributed by atoms with Gasteiger partial charge in [-0.3, -0.25) is 0 Å². The number of para-hydroxylation sites is 1. The molecule has 2 aromatic heterocycles. The number of rotatable bonds is 5. The van der Waals surface area contributed by atoms with E-state index in [1.165, 1.54) is 6.33 Å². The molecule has 0 bridgehead atoms. The third-order valence-electron chi connectivity index (χ3n) is 5.17. The van der Waals surface area contributed by atoms with Crippen molar-refractivity contribution >= 4 is 12.4 Å². The molecule has 0 saturated heterocycles. The van der Waals surface area contributed by atoms with Crippen molar-refractivity contribution in [3.8, 4) is 28.8 Å². The van der Waals surface area contributed by atoms with Gasteiger partial charge < -0.3 is 10.5 Å². The number of nitrogens with two attached hydrogens (primary N) is 1. The summed E-state index contributed by atoms with van der Waals surface area (Å²) in [5, 5.41) is 13.7. The van der Waals surface area contributed by atoms with Crippen molar-refractivity contribution in [1.82, 2.24) is 19.7 Å². The fourth-order valence-corrected chi connectivity index (χ4v) is 3.55. The molecule has 0 spiro atoms. The molecule has 0 unspecified atom stereocenters. The molecule has 7 nitrogen and oxygen atoms in total. The van der Waals surface area contributed by atoms with E-state index in [-0.39, 0.29) is 12.4 Å². The van der Waals surface area contributed by atoms with E-state index >= 15 is 0 Å². The molecule has 29 heavy (non-hydrogen) atoms. The van der Waals surface area contributed by atoms with Crippen molar-refractivity contribution in [3.63, 3.8) is 0 Å². The van der Waals surface area contributed by atoms with Gasteiger partial charge in [-0.25, -0.2) is 14.6 Å². The van der Waals surface area contributed by atoms with Gasteiger partial charge in [0.2, 0.25) is 0 Å². The molecule has 1 aromatic carbocycles. The van der Waals surface area contributed by atoms with Gasteiger partial charge in [0.15, 0.2) is 5.75 Å². The van der Waals surface area contributed by atoms with Crippen LogP contribution < -0.4 is 10.5 Å². The number of benzene rings is 1. The van der Waals surface area contributed by atoms with E-state index in [0.717, 1.165) is 36.9 Å². The fraction of sp³-hybridized carbons (Fsp3) is 0.333. The smallest absolute Gasteiger partial charge is 0.163 e. The number of aromatic nitrogens is 4. The Morgan fingerprint density at radius 1 is 1.17 bits per heavy atom. The highest BCUT2D eigenvalue weighted by Gasteiger charge is 2.20. The van der Waals surface area contributed by atoms with Crippen LogP contribution in [0.2, 0.25) is 0 Å². The summed E-state index contributed by atoms with van der Waals surface area (Å²) in [4.78, 5) is 8.51. The van der Waals surface area contributed by atoms with Gasteiger partial charge in [0.05, 0.1) is 30.3 Å². The van der Waals surface area contributed by atoms with Crippen molar-refractivity contribution in [1.29, 1.82) is 5.26 Å². The molecule has 1 fully saturated rings. The summed E-state index contributed by atoms with van der Waals surface area (Å²) in [6.45, 7) is 0.637. The van der Waals surface area contributed by atoms with Gasteiger partial charge in [-0.15, -0.1) is 12.4 Å². The van der Waals surface area contributed by atoms with E-state index in [1.807, 2.05) is 24.4 Å². The summed E-state index contributed by atoms with van der Waals surface area (Å²) >= 11 is 0. The molecule has 0 aliphatic heterocycles. The second-order valence-electron chi connectivity index (χ2n) is 7.13. The molecule has 8 heteroatoms. The van der Waals surface area contributed by atoms with Crippen LogP contribution in [0.25, 0.3) is 16.9 Å². The van der Waals surface area contributed by atoms with Crippen LogP contribution in [0.5, 0.6) is 5.75 Å². The summed E-state index contributed by atoms with van der Waals surface area (Å²) in [5.41, 5.74) is 8.79. The Morgan fingerprint density at radius 3 is 2.76 bits per heavy atom. The minimum atomic E-state index is 0. The molecular formula is C21H23ClN6O. The number of ether oxygens (including phenoxy) is 1. The quantitative estimate of drug-likeness (QED) is 0.690. The van der Waals surface area contributed by atoms with Gasteiger partial charge in [0.25, 0.3) is 0 Å². The standard InChI is InChI=1S/C21H22N6O.ClH/c22-9-16-3-1-2-4-19(16)27-12-17(10-26-27)21-20(11-24-14-25-21)28-13-15-5-7-18(23)8-6-15;/h1-4,10-12,14-15,18H,5-8,13,23H2;1H. The first-order valence-electron chi connectivity index (χ1n) is 9.47. The Balaban J connectivity index is 0.00000240. The molecule has 1 aliphatic carbocycles. The van der Waals surface area contributed by atoms with Crippen molar-refractivity contribution in [2.24, 2.45) is 11.7 Å². The number of hydrogen-bond acceptors (Lipinski definition) is 6. The third kappa shape index (κ3) is 4.73. The number of hydrogen-bond donors (Lipinski definition) is 1. The van der Waals surface area contributed by atoms with E-state index < -0.39 is 0 Å². The maximum absolute atomic E-state index is 9.32. The van der Waals surface area contributed by atoms with E-state index in [4.69, 9.17) is 10.5 Å². The lowest BCUT2D eigenvalue weighted by atomic mass is 9.87. The van der Waals surface area contributed by atoms with Crippen LogP contribution in [0.1, 0.15) is 31.2 Å². The summed E-state index contributed by atoms with van der Waals surface area (Å²) in [6, 6.07) is 9.87. The summed E-state index contributed by atoms with van der Waals surface area (Å²) in [6.07, 6.45) is 11.1. The van der Waals surface area contributed by atoms with Crippen molar-refractivity contribution in [2.45, 2.75) is 31.7 Å². The molecule has 3 aromatic rings. The molecule has 4 rings (SSSR count). The zero-order valence-electron chi connectivity index (χ0n) is 15.9. The largest absolute Gasteiger partial charge is 0.489 e. The maximum atomic E-state index is 9.32. The van der Waals surface area contributed by atoms with E-state index in [0.29, 0.717) is 35.6 Å².